The second kappa shape index (κ2) is 8.30. The third kappa shape index (κ3) is 5.10. The van der Waals surface area contributed by atoms with Gasteiger partial charge in [-0.2, -0.15) is 0 Å². The number of fused-ring (bicyclic) bond motifs is 2. The number of rotatable bonds is 4. The van der Waals surface area contributed by atoms with E-state index >= 15 is 0 Å². The molecule has 0 aliphatic carbocycles. The van der Waals surface area contributed by atoms with E-state index in [1.165, 1.54) is 12.8 Å². The highest BCUT2D eigenvalue weighted by molar-refractivity contribution is 5.85. The van der Waals surface area contributed by atoms with Crippen LogP contribution >= 0.6 is 24.8 Å². The Balaban J connectivity index is 0.00000162. The largest absolute Gasteiger partial charge is 0.462 e. The Morgan fingerprint density at radius 2 is 1.74 bits per heavy atom. The summed E-state index contributed by atoms with van der Waals surface area (Å²) in [6, 6.07) is 1.28. The lowest BCUT2D eigenvalue weighted by molar-refractivity contribution is -0.152. The van der Waals surface area contributed by atoms with Crippen LogP contribution in [0.2, 0.25) is 0 Å². The molecule has 0 radical (unpaired) electrons. The number of halogens is 2. The summed E-state index contributed by atoms with van der Waals surface area (Å²) in [7, 11) is 6.15. The first kappa shape index (κ1) is 19.0. The predicted molar refractivity (Wildman–Crippen MR) is 81.4 cm³/mol. The van der Waals surface area contributed by atoms with Crippen LogP contribution in [0.4, 0.5) is 0 Å². The average molecular weight is 313 g/mol. The summed E-state index contributed by atoms with van der Waals surface area (Å²) < 4.78 is 5.58. The van der Waals surface area contributed by atoms with Gasteiger partial charge in [-0.1, -0.05) is 0 Å². The minimum atomic E-state index is -0.0346. The van der Waals surface area contributed by atoms with E-state index in [4.69, 9.17) is 4.74 Å². The van der Waals surface area contributed by atoms with E-state index in [1.807, 2.05) is 19.0 Å². The molecule has 0 N–H and O–H groups in total. The molecular weight excluding hydrogens is 287 g/mol. The van der Waals surface area contributed by atoms with Crippen LogP contribution in [0.1, 0.15) is 32.1 Å². The van der Waals surface area contributed by atoms with Gasteiger partial charge in [0.1, 0.15) is 6.10 Å². The third-order valence-corrected chi connectivity index (χ3v) is 4.12. The number of hydrogen-bond donors (Lipinski definition) is 0. The van der Waals surface area contributed by atoms with Gasteiger partial charge in [-0.05, 0) is 46.8 Å². The van der Waals surface area contributed by atoms with Gasteiger partial charge in [0.25, 0.3) is 0 Å². The van der Waals surface area contributed by atoms with Crippen molar-refractivity contribution in [2.75, 3.05) is 27.7 Å². The van der Waals surface area contributed by atoms with Gasteiger partial charge in [-0.15, -0.1) is 24.8 Å². The molecule has 0 aromatic rings. The number of hydrogen-bond acceptors (Lipinski definition) is 4. The predicted octanol–water partition coefficient (Wildman–Crippen LogP) is 1.95. The molecule has 2 rings (SSSR count). The standard InChI is InChI=1S/C13H24N2O2.2ClH/c1-14(2)7-6-13(16)17-12-8-10-4-5-11(9-12)15(10)3;;/h10-12H,4-9H2,1-3H3;2*1H. The fourth-order valence-corrected chi connectivity index (χ4v) is 3.02. The Morgan fingerprint density at radius 1 is 1.21 bits per heavy atom. The van der Waals surface area contributed by atoms with E-state index in [1.54, 1.807) is 0 Å². The van der Waals surface area contributed by atoms with Gasteiger partial charge in [0, 0.05) is 18.6 Å². The fourth-order valence-electron chi connectivity index (χ4n) is 3.02. The van der Waals surface area contributed by atoms with Crippen molar-refractivity contribution < 1.29 is 9.53 Å². The second-order valence-corrected chi connectivity index (χ2v) is 5.69. The van der Waals surface area contributed by atoms with Crippen molar-refractivity contribution in [2.45, 2.75) is 50.3 Å². The maximum atomic E-state index is 11.7. The molecule has 6 heteroatoms. The van der Waals surface area contributed by atoms with Crippen molar-refractivity contribution in [3.63, 3.8) is 0 Å². The molecule has 0 amide bonds. The summed E-state index contributed by atoms with van der Waals surface area (Å²) in [6.07, 6.45) is 5.27. The molecule has 0 saturated carbocycles. The Kier molecular flexibility index (Phi) is 8.29. The lowest BCUT2D eigenvalue weighted by Crippen LogP contribution is -2.43. The number of nitrogens with zero attached hydrogens (tertiary/aromatic N) is 2. The van der Waals surface area contributed by atoms with Crippen LogP contribution in [0.25, 0.3) is 0 Å². The Bertz CT molecular complexity index is 276. The van der Waals surface area contributed by atoms with Crippen molar-refractivity contribution in [1.29, 1.82) is 0 Å². The van der Waals surface area contributed by atoms with E-state index in [0.717, 1.165) is 19.4 Å². The molecule has 2 saturated heterocycles. The lowest BCUT2D eigenvalue weighted by Gasteiger charge is -2.35. The molecule has 2 aliphatic heterocycles. The van der Waals surface area contributed by atoms with Gasteiger partial charge in [-0.25, -0.2) is 0 Å². The van der Waals surface area contributed by atoms with Crippen LogP contribution in [-0.4, -0.2) is 61.6 Å². The van der Waals surface area contributed by atoms with Gasteiger partial charge in [-0.3, -0.25) is 4.79 Å². The van der Waals surface area contributed by atoms with Crippen LogP contribution < -0.4 is 0 Å². The monoisotopic (exact) mass is 312 g/mol. The van der Waals surface area contributed by atoms with Crippen molar-refractivity contribution in [2.24, 2.45) is 0 Å². The lowest BCUT2D eigenvalue weighted by atomic mass is 10.0. The van der Waals surface area contributed by atoms with Crippen LogP contribution in [0.3, 0.4) is 0 Å². The van der Waals surface area contributed by atoms with Crippen molar-refractivity contribution in [1.82, 2.24) is 9.80 Å². The van der Waals surface area contributed by atoms with E-state index in [2.05, 4.69) is 11.9 Å². The van der Waals surface area contributed by atoms with Crippen molar-refractivity contribution in [3.05, 3.63) is 0 Å². The van der Waals surface area contributed by atoms with Crippen molar-refractivity contribution >= 4 is 30.8 Å². The molecular formula is C13H26Cl2N2O2. The zero-order valence-corrected chi connectivity index (χ0v) is 13.6. The smallest absolute Gasteiger partial charge is 0.307 e. The Hall–Kier alpha value is -0.0300. The highest BCUT2D eigenvalue weighted by Crippen LogP contribution is 2.35. The molecule has 0 aromatic heterocycles. The second-order valence-electron chi connectivity index (χ2n) is 5.69. The molecule has 2 fully saturated rings. The number of ether oxygens (including phenoxy) is 1. The average Bonchev–Trinajstić information content (AvgIpc) is 2.52. The highest BCUT2D eigenvalue weighted by atomic mass is 35.5. The number of esters is 1. The topological polar surface area (TPSA) is 32.8 Å². The summed E-state index contributed by atoms with van der Waals surface area (Å²) in [4.78, 5) is 16.1. The van der Waals surface area contributed by atoms with Crippen LogP contribution in [-0.2, 0) is 9.53 Å². The maximum Gasteiger partial charge on any atom is 0.307 e. The first-order valence-electron chi connectivity index (χ1n) is 6.62. The highest BCUT2D eigenvalue weighted by Gasteiger charge is 2.39. The van der Waals surface area contributed by atoms with E-state index in [0.29, 0.717) is 18.5 Å². The minimum Gasteiger partial charge on any atom is -0.462 e. The SMILES string of the molecule is CN(C)CCC(=O)OC1CC2CCC(C1)N2C.Cl.Cl. The zero-order valence-electron chi connectivity index (χ0n) is 12.0. The molecule has 2 unspecified atom stereocenters. The molecule has 2 atom stereocenters. The molecule has 0 spiro atoms. The van der Waals surface area contributed by atoms with Gasteiger partial charge in [0.05, 0.1) is 6.42 Å². The minimum absolute atomic E-state index is 0. The summed E-state index contributed by atoms with van der Waals surface area (Å²) in [6.45, 7) is 0.776. The van der Waals surface area contributed by atoms with E-state index in [9.17, 15) is 4.79 Å². The van der Waals surface area contributed by atoms with Crippen LogP contribution in [0, 0.1) is 0 Å². The molecule has 2 aliphatic rings. The first-order valence-corrected chi connectivity index (χ1v) is 6.62. The molecule has 114 valence electrons. The fraction of sp³-hybridized carbons (Fsp3) is 0.923. The molecule has 4 nitrogen and oxygen atoms in total. The first-order chi connectivity index (χ1) is 8.06. The molecule has 0 aromatic carbocycles. The Morgan fingerprint density at radius 3 is 2.21 bits per heavy atom. The van der Waals surface area contributed by atoms with E-state index in [-0.39, 0.29) is 36.9 Å². The van der Waals surface area contributed by atoms with Crippen molar-refractivity contribution in [3.8, 4) is 0 Å². The quantitative estimate of drug-likeness (QED) is 0.743. The number of carbonyl (C=O) groups excluding carboxylic acids is 1. The van der Waals surface area contributed by atoms with E-state index < -0.39 is 0 Å². The molecule has 19 heavy (non-hydrogen) atoms. The molecule has 2 bridgehead atoms. The summed E-state index contributed by atoms with van der Waals surface area (Å²) in [5.41, 5.74) is 0. The van der Waals surface area contributed by atoms with Gasteiger partial charge in [0.2, 0.25) is 0 Å². The van der Waals surface area contributed by atoms with Crippen LogP contribution in [0.15, 0.2) is 0 Å². The Labute approximate surface area is 128 Å². The molecule has 2 heterocycles. The summed E-state index contributed by atoms with van der Waals surface area (Å²) in [5.74, 6) is -0.0346. The maximum absolute atomic E-state index is 11.7. The number of piperidine rings is 1. The zero-order chi connectivity index (χ0) is 12.4. The summed E-state index contributed by atoms with van der Waals surface area (Å²) in [5, 5.41) is 0. The van der Waals surface area contributed by atoms with Gasteiger partial charge >= 0.3 is 5.97 Å². The van der Waals surface area contributed by atoms with Gasteiger partial charge in [0.15, 0.2) is 0 Å². The van der Waals surface area contributed by atoms with Crippen LogP contribution in [0.5, 0.6) is 0 Å². The normalized spacial score (nSPS) is 29.6. The van der Waals surface area contributed by atoms with Gasteiger partial charge < -0.3 is 14.5 Å². The number of carbonyl (C=O) groups is 1. The summed E-state index contributed by atoms with van der Waals surface area (Å²) >= 11 is 0. The third-order valence-electron chi connectivity index (χ3n) is 4.12.